The molecule has 0 saturated heterocycles. The van der Waals surface area contributed by atoms with Gasteiger partial charge in [0.2, 0.25) is 0 Å². The van der Waals surface area contributed by atoms with Gasteiger partial charge in [0.15, 0.2) is 0 Å². The molecular weight excluding hydrogens is 380 g/mol. The van der Waals surface area contributed by atoms with Gasteiger partial charge in [0.25, 0.3) is 0 Å². The molecule has 1 aromatic heterocycles. The zero-order valence-electron chi connectivity index (χ0n) is 16.6. The van der Waals surface area contributed by atoms with Crippen molar-refractivity contribution in [1.29, 1.82) is 0 Å². The first-order valence-corrected chi connectivity index (χ1v) is 9.35. The second-order valence-electron chi connectivity index (χ2n) is 6.64. The second-order valence-corrected chi connectivity index (χ2v) is 6.64. The highest BCUT2D eigenvalue weighted by Crippen LogP contribution is 2.31. The summed E-state index contributed by atoms with van der Waals surface area (Å²) in [5, 5.41) is 1.11. The lowest BCUT2D eigenvalue weighted by Gasteiger charge is -2.23. The Balaban J connectivity index is 1.83. The van der Waals surface area contributed by atoms with Crippen molar-refractivity contribution >= 4 is 28.5 Å². The Bertz CT molecular complexity index is 1180. The van der Waals surface area contributed by atoms with E-state index in [4.69, 9.17) is 9.47 Å². The molecule has 0 radical (unpaired) electrons. The normalized spacial score (nSPS) is 13.5. The number of aromatic nitrogens is 1. The van der Waals surface area contributed by atoms with Gasteiger partial charge in [-0.05, 0) is 36.4 Å². The molecule has 6 nitrogen and oxygen atoms in total. The highest BCUT2D eigenvalue weighted by atomic mass is 16.5. The van der Waals surface area contributed by atoms with Crippen molar-refractivity contribution in [2.75, 3.05) is 19.1 Å². The number of para-hydroxylation sites is 1. The summed E-state index contributed by atoms with van der Waals surface area (Å²) >= 11 is 0. The molecule has 0 amide bonds. The molecule has 6 heteroatoms. The summed E-state index contributed by atoms with van der Waals surface area (Å²) in [6, 6.07) is 17.8. The fraction of sp³-hybridized carbons (Fsp3) is 0.0833. The van der Waals surface area contributed by atoms with E-state index in [0.29, 0.717) is 5.69 Å². The van der Waals surface area contributed by atoms with Crippen LogP contribution in [0.2, 0.25) is 0 Å². The largest absolute Gasteiger partial charge is 0.465 e. The predicted molar refractivity (Wildman–Crippen MR) is 116 cm³/mol. The molecule has 0 bridgehead atoms. The number of aromatic amines is 1. The van der Waals surface area contributed by atoms with E-state index in [2.05, 4.69) is 11.1 Å². The monoisotopic (exact) mass is 400 g/mol. The summed E-state index contributed by atoms with van der Waals surface area (Å²) in [4.78, 5) is 30.0. The van der Waals surface area contributed by atoms with Crippen LogP contribution in [0.15, 0.2) is 90.3 Å². The topological polar surface area (TPSA) is 71.6 Å². The fourth-order valence-corrected chi connectivity index (χ4v) is 3.42. The fourth-order valence-electron chi connectivity index (χ4n) is 3.42. The number of carbonyl (C=O) groups is 2. The van der Waals surface area contributed by atoms with Crippen LogP contribution in [-0.4, -0.2) is 31.1 Å². The average molecular weight is 400 g/mol. The van der Waals surface area contributed by atoms with Crippen LogP contribution in [0, 0.1) is 0 Å². The van der Waals surface area contributed by atoms with Crippen LogP contribution >= 0.6 is 0 Å². The number of fused-ring (bicyclic) bond motifs is 1. The smallest absolute Gasteiger partial charge is 0.355 e. The van der Waals surface area contributed by atoms with Gasteiger partial charge in [0, 0.05) is 34.0 Å². The van der Waals surface area contributed by atoms with Gasteiger partial charge in [0.1, 0.15) is 5.70 Å². The number of nitrogens with zero attached hydrogens (tertiary/aromatic N) is 1. The molecule has 0 atom stereocenters. The van der Waals surface area contributed by atoms with E-state index in [9.17, 15) is 9.59 Å². The first kappa shape index (κ1) is 19.3. The van der Waals surface area contributed by atoms with Gasteiger partial charge in [-0.15, -0.1) is 0 Å². The zero-order chi connectivity index (χ0) is 21.1. The number of benzene rings is 2. The Labute approximate surface area is 173 Å². The molecular formula is C24H20N2O4. The van der Waals surface area contributed by atoms with Crippen molar-refractivity contribution in [1.82, 2.24) is 4.98 Å². The van der Waals surface area contributed by atoms with Crippen molar-refractivity contribution in [2.24, 2.45) is 0 Å². The van der Waals surface area contributed by atoms with Crippen molar-refractivity contribution in [3.8, 4) is 11.3 Å². The Morgan fingerprint density at radius 3 is 2.47 bits per heavy atom. The summed E-state index contributed by atoms with van der Waals surface area (Å²) in [5.41, 5.74) is 3.84. The molecule has 4 rings (SSSR count). The molecule has 2 heterocycles. The van der Waals surface area contributed by atoms with Crippen LogP contribution in [0.4, 0.5) is 5.69 Å². The molecule has 1 aliphatic heterocycles. The van der Waals surface area contributed by atoms with Crippen LogP contribution in [0.5, 0.6) is 0 Å². The standard InChI is InChI=1S/C24H20N2O4/c1-29-23(27)19-11-5-6-13-26(22(19)24(28)30-2)18-10-7-9-16(14-18)21-15-17-8-3-4-12-20(17)25-21/h3-15,25H,1-2H3. The third kappa shape index (κ3) is 3.51. The van der Waals surface area contributed by atoms with Crippen LogP contribution < -0.4 is 4.90 Å². The quantitative estimate of drug-likeness (QED) is 0.660. The maximum atomic E-state index is 12.6. The van der Waals surface area contributed by atoms with E-state index in [0.717, 1.165) is 22.2 Å². The van der Waals surface area contributed by atoms with Crippen LogP contribution in [-0.2, 0) is 19.1 Å². The third-order valence-electron chi connectivity index (χ3n) is 4.85. The number of methoxy groups -OCH3 is 2. The predicted octanol–water partition coefficient (Wildman–Crippen LogP) is 4.32. The maximum absolute atomic E-state index is 12.6. The van der Waals surface area contributed by atoms with E-state index in [1.54, 1.807) is 23.3 Å². The van der Waals surface area contributed by atoms with Crippen molar-refractivity contribution < 1.29 is 19.1 Å². The van der Waals surface area contributed by atoms with Crippen LogP contribution in [0.1, 0.15) is 0 Å². The lowest BCUT2D eigenvalue weighted by atomic mass is 10.1. The number of hydrogen-bond acceptors (Lipinski definition) is 5. The maximum Gasteiger partial charge on any atom is 0.355 e. The molecule has 2 aromatic carbocycles. The van der Waals surface area contributed by atoms with E-state index in [-0.39, 0.29) is 11.3 Å². The summed E-state index contributed by atoms with van der Waals surface area (Å²) < 4.78 is 9.82. The Hall–Kier alpha value is -4.06. The molecule has 1 N–H and O–H groups in total. The number of H-pyrrole nitrogens is 1. The minimum absolute atomic E-state index is 0.0862. The average Bonchev–Trinajstić information content (AvgIpc) is 3.10. The first-order valence-electron chi connectivity index (χ1n) is 9.35. The van der Waals surface area contributed by atoms with Crippen molar-refractivity contribution in [2.45, 2.75) is 0 Å². The number of rotatable bonds is 4. The molecule has 1 aliphatic rings. The summed E-state index contributed by atoms with van der Waals surface area (Å²) in [7, 11) is 2.55. The minimum atomic E-state index is -0.636. The van der Waals surface area contributed by atoms with Gasteiger partial charge >= 0.3 is 11.9 Å². The van der Waals surface area contributed by atoms with E-state index < -0.39 is 11.9 Å². The highest BCUT2D eigenvalue weighted by molar-refractivity contribution is 6.05. The molecule has 0 spiro atoms. The number of ether oxygens (including phenoxy) is 2. The summed E-state index contributed by atoms with van der Waals surface area (Å²) in [6.45, 7) is 0. The number of nitrogens with one attached hydrogen (secondary N) is 1. The lowest BCUT2D eigenvalue weighted by molar-refractivity contribution is -0.139. The van der Waals surface area contributed by atoms with Gasteiger partial charge in [-0.2, -0.15) is 0 Å². The van der Waals surface area contributed by atoms with Gasteiger partial charge in [-0.25, -0.2) is 9.59 Å². The summed E-state index contributed by atoms with van der Waals surface area (Å²) in [6.07, 6.45) is 6.67. The lowest BCUT2D eigenvalue weighted by Crippen LogP contribution is -2.26. The van der Waals surface area contributed by atoms with E-state index >= 15 is 0 Å². The van der Waals surface area contributed by atoms with Crippen LogP contribution in [0.25, 0.3) is 22.2 Å². The molecule has 0 aliphatic carbocycles. The first-order chi connectivity index (χ1) is 14.6. The van der Waals surface area contributed by atoms with Gasteiger partial charge < -0.3 is 19.4 Å². The molecule has 0 saturated carbocycles. The highest BCUT2D eigenvalue weighted by Gasteiger charge is 2.27. The number of allylic oxidation sites excluding steroid dienone is 2. The van der Waals surface area contributed by atoms with E-state index in [1.807, 2.05) is 48.5 Å². The number of hydrogen-bond donors (Lipinski definition) is 1. The molecule has 0 fully saturated rings. The van der Waals surface area contributed by atoms with E-state index in [1.165, 1.54) is 20.3 Å². The number of esters is 2. The molecule has 30 heavy (non-hydrogen) atoms. The number of anilines is 1. The molecule has 3 aromatic rings. The van der Waals surface area contributed by atoms with Crippen molar-refractivity contribution in [3.63, 3.8) is 0 Å². The molecule has 0 unspecified atom stereocenters. The Morgan fingerprint density at radius 2 is 1.70 bits per heavy atom. The second kappa shape index (κ2) is 8.13. The minimum Gasteiger partial charge on any atom is -0.465 e. The van der Waals surface area contributed by atoms with Crippen LogP contribution in [0.3, 0.4) is 0 Å². The Morgan fingerprint density at radius 1 is 0.900 bits per heavy atom. The Kier molecular flexibility index (Phi) is 5.22. The van der Waals surface area contributed by atoms with Gasteiger partial charge in [-0.1, -0.05) is 36.4 Å². The summed E-state index contributed by atoms with van der Waals surface area (Å²) in [5.74, 6) is -1.25. The zero-order valence-corrected chi connectivity index (χ0v) is 16.6. The van der Waals surface area contributed by atoms with Gasteiger partial charge in [0.05, 0.1) is 19.8 Å². The van der Waals surface area contributed by atoms with Crippen molar-refractivity contribution in [3.05, 3.63) is 90.3 Å². The number of carbonyl (C=O) groups excluding carboxylic acids is 2. The SMILES string of the molecule is COC(=O)C1=C(C(=O)OC)N(c2cccc(-c3cc4ccccc4[nH]3)c2)C=CC=C1. The molecule has 150 valence electrons. The third-order valence-corrected chi connectivity index (χ3v) is 4.85. The van der Waals surface area contributed by atoms with Gasteiger partial charge in [-0.3, -0.25) is 0 Å².